The molecule has 2 atom stereocenters. The minimum Gasteiger partial charge on any atom is -0.331 e. The maximum absolute atomic E-state index is 13.3. The van der Waals surface area contributed by atoms with Crippen molar-refractivity contribution in [3.63, 3.8) is 0 Å². The second-order valence-corrected chi connectivity index (χ2v) is 7.82. The lowest BCUT2D eigenvalue weighted by atomic mass is 10.0. The zero-order valence-electron chi connectivity index (χ0n) is 14.8. The SMILES string of the molecule is O=C(N[C@H](c1ccc(F)cc1)c1cccs1)N[C@H](c1ccccc1)C1CC1. The molecule has 5 heteroatoms. The number of hydrogen-bond acceptors (Lipinski definition) is 2. The minimum atomic E-state index is -0.304. The van der Waals surface area contributed by atoms with Crippen LogP contribution in [0.15, 0.2) is 72.1 Å². The molecule has 3 aromatic rings. The molecule has 0 aliphatic heterocycles. The quantitative estimate of drug-likeness (QED) is 0.588. The number of carbonyl (C=O) groups excluding carboxylic acids is 1. The molecule has 3 nitrogen and oxygen atoms in total. The van der Waals surface area contributed by atoms with E-state index in [4.69, 9.17) is 0 Å². The van der Waals surface area contributed by atoms with Crippen LogP contribution in [0, 0.1) is 11.7 Å². The maximum atomic E-state index is 13.3. The molecule has 27 heavy (non-hydrogen) atoms. The van der Waals surface area contributed by atoms with E-state index in [1.165, 1.54) is 12.1 Å². The van der Waals surface area contributed by atoms with Gasteiger partial charge in [-0.3, -0.25) is 0 Å². The third kappa shape index (κ3) is 4.37. The van der Waals surface area contributed by atoms with Crippen LogP contribution in [0.2, 0.25) is 0 Å². The predicted octanol–water partition coefficient (Wildman–Crippen LogP) is 5.43. The molecular formula is C22H21FN2OS. The van der Waals surface area contributed by atoms with Crippen LogP contribution in [0.3, 0.4) is 0 Å². The Morgan fingerprint density at radius 2 is 1.67 bits per heavy atom. The maximum Gasteiger partial charge on any atom is 0.316 e. The largest absolute Gasteiger partial charge is 0.331 e. The molecule has 0 saturated heterocycles. The number of rotatable bonds is 6. The molecular weight excluding hydrogens is 359 g/mol. The predicted molar refractivity (Wildman–Crippen MR) is 106 cm³/mol. The van der Waals surface area contributed by atoms with Crippen molar-refractivity contribution in [1.82, 2.24) is 10.6 Å². The van der Waals surface area contributed by atoms with Crippen LogP contribution in [0.25, 0.3) is 0 Å². The van der Waals surface area contributed by atoms with E-state index in [0.29, 0.717) is 5.92 Å². The second-order valence-electron chi connectivity index (χ2n) is 6.84. The average Bonchev–Trinajstić information content (AvgIpc) is 3.39. The Hall–Kier alpha value is -2.66. The fraction of sp³-hybridized carbons (Fsp3) is 0.227. The highest BCUT2D eigenvalue weighted by Gasteiger charge is 2.33. The van der Waals surface area contributed by atoms with E-state index < -0.39 is 0 Å². The smallest absolute Gasteiger partial charge is 0.316 e. The first kappa shape index (κ1) is 17.7. The van der Waals surface area contributed by atoms with Gasteiger partial charge < -0.3 is 10.6 Å². The number of amides is 2. The van der Waals surface area contributed by atoms with Gasteiger partial charge in [0, 0.05) is 4.88 Å². The Labute approximate surface area is 162 Å². The number of benzene rings is 2. The van der Waals surface area contributed by atoms with Gasteiger partial charge in [0.25, 0.3) is 0 Å². The van der Waals surface area contributed by atoms with Crippen LogP contribution in [0.1, 0.15) is 40.9 Å². The van der Waals surface area contributed by atoms with Gasteiger partial charge in [-0.25, -0.2) is 9.18 Å². The first-order valence-corrected chi connectivity index (χ1v) is 9.99. The summed E-state index contributed by atoms with van der Waals surface area (Å²) in [5.41, 5.74) is 1.99. The Morgan fingerprint density at radius 3 is 2.30 bits per heavy atom. The molecule has 0 radical (unpaired) electrons. The van der Waals surface area contributed by atoms with Gasteiger partial charge in [0.05, 0.1) is 12.1 Å². The molecule has 0 unspecified atom stereocenters. The number of thiophene rings is 1. The van der Waals surface area contributed by atoms with Crippen molar-refractivity contribution in [3.05, 3.63) is 93.9 Å². The molecule has 138 valence electrons. The number of carbonyl (C=O) groups is 1. The van der Waals surface area contributed by atoms with Crippen molar-refractivity contribution in [2.45, 2.75) is 24.9 Å². The minimum absolute atomic E-state index is 0.0170. The molecule has 1 aromatic heterocycles. The van der Waals surface area contributed by atoms with Crippen molar-refractivity contribution >= 4 is 17.4 Å². The summed E-state index contributed by atoms with van der Waals surface area (Å²) >= 11 is 1.57. The molecule has 0 bridgehead atoms. The van der Waals surface area contributed by atoms with Gasteiger partial charge in [0.1, 0.15) is 5.82 Å². The monoisotopic (exact) mass is 380 g/mol. The van der Waals surface area contributed by atoms with Crippen molar-refractivity contribution in [2.24, 2.45) is 5.92 Å². The Bertz CT molecular complexity index is 876. The standard InChI is InChI=1S/C22H21FN2OS/c23-18-12-10-17(11-13-18)21(19-7-4-14-27-19)25-22(26)24-20(16-8-9-16)15-5-2-1-3-6-15/h1-7,10-14,16,20-21H,8-9H2,(H2,24,25,26)/t20-,21-/m1/s1. The van der Waals surface area contributed by atoms with E-state index >= 15 is 0 Å². The van der Waals surface area contributed by atoms with Gasteiger partial charge in [0.15, 0.2) is 0 Å². The summed E-state index contributed by atoms with van der Waals surface area (Å²) in [6.45, 7) is 0. The van der Waals surface area contributed by atoms with Crippen molar-refractivity contribution in [1.29, 1.82) is 0 Å². The molecule has 2 amide bonds. The van der Waals surface area contributed by atoms with Gasteiger partial charge >= 0.3 is 6.03 Å². The fourth-order valence-corrected chi connectivity index (χ4v) is 4.11. The van der Waals surface area contributed by atoms with Crippen LogP contribution in [-0.2, 0) is 0 Å². The van der Waals surface area contributed by atoms with E-state index in [1.54, 1.807) is 23.5 Å². The molecule has 1 saturated carbocycles. The second kappa shape index (κ2) is 7.92. The summed E-state index contributed by atoms with van der Waals surface area (Å²) in [6, 6.07) is 19.8. The van der Waals surface area contributed by atoms with Crippen LogP contribution in [-0.4, -0.2) is 6.03 Å². The highest BCUT2D eigenvalue weighted by molar-refractivity contribution is 7.10. The van der Waals surface area contributed by atoms with Crippen molar-refractivity contribution < 1.29 is 9.18 Å². The van der Waals surface area contributed by atoms with E-state index in [2.05, 4.69) is 22.8 Å². The van der Waals surface area contributed by atoms with Gasteiger partial charge in [-0.1, -0.05) is 48.5 Å². The van der Waals surface area contributed by atoms with E-state index in [1.807, 2.05) is 35.7 Å². The molecule has 1 fully saturated rings. The summed E-state index contributed by atoms with van der Waals surface area (Å²) in [5.74, 6) is 0.204. The number of hydrogen-bond donors (Lipinski definition) is 2. The number of nitrogens with one attached hydrogen (secondary N) is 2. The molecule has 0 spiro atoms. The van der Waals surface area contributed by atoms with Crippen molar-refractivity contribution in [2.75, 3.05) is 0 Å². The summed E-state index contributed by atoms with van der Waals surface area (Å²) in [7, 11) is 0. The van der Waals surface area contributed by atoms with E-state index in [0.717, 1.165) is 28.8 Å². The zero-order valence-corrected chi connectivity index (χ0v) is 15.6. The number of urea groups is 1. The summed E-state index contributed by atoms with van der Waals surface area (Å²) in [4.78, 5) is 13.8. The van der Waals surface area contributed by atoms with Gasteiger partial charge in [-0.05, 0) is 53.5 Å². The summed E-state index contributed by atoms with van der Waals surface area (Å²) in [5, 5.41) is 8.20. The Balaban J connectivity index is 1.52. The Morgan fingerprint density at radius 1 is 0.926 bits per heavy atom. The third-order valence-corrected chi connectivity index (χ3v) is 5.78. The normalized spacial score (nSPS) is 15.7. The fourth-order valence-electron chi connectivity index (χ4n) is 3.31. The van der Waals surface area contributed by atoms with Crippen LogP contribution in [0.5, 0.6) is 0 Å². The van der Waals surface area contributed by atoms with Gasteiger partial charge in [-0.2, -0.15) is 0 Å². The molecule has 2 aromatic carbocycles. The highest BCUT2D eigenvalue weighted by atomic mass is 32.1. The van der Waals surface area contributed by atoms with Crippen LogP contribution < -0.4 is 10.6 Å². The van der Waals surface area contributed by atoms with E-state index in [-0.39, 0.29) is 23.9 Å². The molecule has 1 aliphatic carbocycles. The lowest BCUT2D eigenvalue weighted by molar-refractivity contribution is 0.233. The Kier molecular flexibility index (Phi) is 5.21. The number of halogens is 1. The molecule has 2 N–H and O–H groups in total. The molecule has 4 rings (SSSR count). The summed E-state index contributed by atoms with van der Waals surface area (Å²) in [6.07, 6.45) is 2.26. The lowest BCUT2D eigenvalue weighted by Gasteiger charge is -2.23. The zero-order chi connectivity index (χ0) is 18.6. The first-order valence-electron chi connectivity index (χ1n) is 9.11. The van der Waals surface area contributed by atoms with Crippen molar-refractivity contribution in [3.8, 4) is 0 Å². The van der Waals surface area contributed by atoms with Gasteiger partial charge in [-0.15, -0.1) is 11.3 Å². The van der Waals surface area contributed by atoms with E-state index in [9.17, 15) is 9.18 Å². The lowest BCUT2D eigenvalue weighted by Crippen LogP contribution is -2.40. The molecule has 1 aliphatic rings. The highest BCUT2D eigenvalue weighted by Crippen LogP contribution is 2.41. The average molecular weight is 380 g/mol. The third-order valence-electron chi connectivity index (χ3n) is 4.85. The van der Waals surface area contributed by atoms with Crippen LogP contribution in [0.4, 0.5) is 9.18 Å². The molecule has 1 heterocycles. The van der Waals surface area contributed by atoms with Crippen LogP contribution >= 0.6 is 11.3 Å². The first-order chi connectivity index (χ1) is 13.2. The van der Waals surface area contributed by atoms with Gasteiger partial charge in [0.2, 0.25) is 0 Å². The topological polar surface area (TPSA) is 41.1 Å². The summed E-state index contributed by atoms with van der Waals surface area (Å²) < 4.78 is 13.3.